The fraction of sp³-hybridized carbons (Fsp3) is 0.108. The van der Waals surface area contributed by atoms with E-state index in [0.717, 1.165) is 33.9 Å². The number of carbonyl (C=O) groups excluding carboxylic acids is 5. The molecule has 5 rings (SSSR count). The van der Waals surface area contributed by atoms with Gasteiger partial charge in [0.2, 0.25) is 17.7 Å². The number of allylic oxidation sites excluding steroid dienone is 4. The maximum atomic E-state index is 14.1. The molecule has 1 saturated heterocycles. The van der Waals surface area contributed by atoms with Gasteiger partial charge in [0.1, 0.15) is 11.5 Å². The Bertz CT molecular complexity index is 1880. The van der Waals surface area contributed by atoms with Gasteiger partial charge in [0, 0.05) is 5.70 Å². The average Bonchev–Trinajstić information content (AvgIpc) is 3.11. The number of thiocarbonyl (C=S) groups is 1. The summed E-state index contributed by atoms with van der Waals surface area (Å²) in [6.07, 6.45) is 7.33. The minimum Gasteiger partial charge on any atom is -0.344 e. The van der Waals surface area contributed by atoms with E-state index in [1.165, 1.54) is 11.0 Å². The number of benzene rings is 3. The van der Waals surface area contributed by atoms with Crippen LogP contribution in [0.2, 0.25) is 0 Å². The number of nitrogens with zero attached hydrogens (tertiary/aromatic N) is 3. The highest BCUT2D eigenvalue weighted by Crippen LogP contribution is 2.28. The lowest BCUT2D eigenvalue weighted by Crippen LogP contribution is -2.58. The summed E-state index contributed by atoms with van der Waals surface area (Å²) >= 11 is 6.15. The smallest absolute Gasteiger partial charge is 0.284 e. The third-order valence-electron chi connectivity index (χ3n) is 7.46. The number of amides is 5. The SMILES string of the molecule is C=C/C=C\C(=C/C)N1C(=O)/C(=C/[C@H]2C(=O)NC(=S)N(c3ccccc3)C2=O)C(=O)N=C1SCC(=O)NC(c1ccccc1)c1ccccc1. The molecule has 0 unspecified atom stereocenters. The minimum atomic E-state index is -1.54. The van der Waals surface area contributed by atoms with E-state index in [0.29, 0.717) is 11.4 Å². The number of rotatable bonds is 10. The Morgan fingerprint density at radius 1 is 0.980 bits per heavy atom. The number of hydrogen-bond acceptors (Lipinski definition) is 7. The molecule has 0 saturated carbocycles. The van der Waals surface area contributed by atoms with E-state index in [4.69, 9.17) is 12.2 Å². The summed E-state index contributed by atoms with van der Waals surface area (Å²) in [6, 6.07) is 27.0. The number of nitrogens with one attached hydrogen (secondary N) is 2. The van der Waals surface area contributed by atoms with Crippen molar-refractivity contribution in [2.45, 2.75) is 13.0 Å². The van der Waals surface area contributed by atoms with Crippen molar-refractivity contribution >= 4 is 69.5 Å². The van der Waals surface area contributed by atoms with Gasteiger partial charge in [-0.25, -0.2) is 0 Å². The normalized spacial score (nSPS) is 17.9. The molecule has 2 heterocycles. The quantitative estimate of drug-likeness (QED) is 0.101. The second kappa shape index (κ2) is 15.9. The van der Waals surface area contributed by atoms with Crippen LogP contribution in [0.25, 0.3) is 0 Å². The lowest BCUT2D eigenvalue weighted by atomic mass is 9.99. The molecule has 12 heteroatoms. The highest BCUT2D eigenvalue weighted by Gasteiger charge is 2.42. The van der Waals surface area contributed by atoms with Crippen LogP contribution in [0, 0.1) is 5.92 Å². The first kappa shape index (κ1) is 34.6. The van der Waals surface area contributed by atoms with Crippen LogP contribution in [0.15, 0.2) is 144 Å². The Morgan fingerprint density at radius 2 is 1.57 bits per heavy atom. The van der Waals surface area contributed by atoms with E-state index in [1.807, 2.05) is 60.7 Å². The summed E-state index contributed by atoms with van der Waals surface area (Å²) < 4.78 is 0. The molecule has 0 spiro atoms. The zero-order valence-electron chi connectivity index (χ0n) is 26.3. The number of carbonyl (C=O) groups is 5. The zero-order chi connectivity index (χ0) is 34.9. The van der Waals surface area contributed by atoms with Crippen molar-refractivity contribution in [1.82, 2.24) is 15.5 Å². The zero-order valence-corrected chi connectivity index (χ0v) is 27.9. The number of thioether (sulfide) groups is 1. The predicted octanol–water partition coefficient (Wildman–Crippen LogP) is 4.99. The largest absolute Gasteiger partial charge is 0.344 e. The Balaban J connectivity index is 1.43. The van der Waals surface area contributed by atoms with Crippen molar-refractivity contribution in [1.29, 1.82) is 0 Å². The Hall–Kier alpha value is -5.72. The molecular weight excluding hydrogens is 659 g/mol. The highest BCUT2D eigenvalue weighted by molar-refractivity contribution is 8.14. The molecule has 0 aliphatic carbocycles. The van der Waals surface area contributed by atoms with Gasteiger partial charge in [0.05, 0.1) is 17.5 Å². The predicted molar refractivity (Wildman–Crippen MR) is 194 cm³/mol. The van der Waals surface area contributed by atoms with Gasteiger partial charge >= 0.3 is 0 Å². The van der Waals surface area contributed by atoms with Gasteiger partial charge in [-0.3, -0.25) is 33.8 Å². The first-order valence-corrected chi connectivity index (χ1v) is 16.5. The molecule has 5 amide bonds. The highest BCUT2D eigenvalue weighted by atomic mass is 32.2. The average molecular weight is 690 g/mol. The summed E-state index contributed by atoms with van der Waals surface area (Å²) in [4.78, 5) is 73.9. The van der Waals surface area contributed by atoms with Crippen LogP contribution < -0.4 is 15.5 Å². The summed E-state index contributed by atoms with van der Waals surface area (Å²) in [7, 11) is 0. The van der Waals surface area contributed by atoms with Crippen molar-refractivity contribution in [2.75, 3.05) is 10.7 Å². The molecule has 1 fully saturated rings. The molecule has 3 aromatic carbocycles. The Morgan fingerprint density at radius 3 is 2.14 bits per heavy atom. The second-order valence-electron chi connectivity index (χ2n) is 10.6. The van der Waals surface area contributed by atoms with Gasteiger partial charge in [0.25, 0.3) is 11.8 Å². The van der Waals surface area contributed by atoms with Crippen LogP contribution in [-0.4, -0.2) is 50.5 Å². The minimum absolute atomic E-state index is 0.0494. The molecule has 2 N–H and O–H groups in total. The fourth-order valence-corrected chi connectivity index (χ4v) is 6.24. The topological polar surface area (TPSA) is 128 Å². The number of para-hydroxylation sites is 1. The number of aliphatic imine (C=N–C) groups is 1. The Kier molecular flexibility index (Phi) is 11.2. The number of anilines is 1. The summed E-state index contributed by atoms with van der Waals surface area (Å²) in [5, 5.41) is 5.35. The van der Waals surface area contributed by atoms with E-state index < -0.39 is 41.2 Å². The van der Waals surface area contributed by atoms with Crippen molar-refractivity contribution < 1.29 is 24.0 Å². The standard InChI is InChI=1S/C37H31N5O5S2/c1-3-5-19-26(4-2)42-35(47)29(22-28-32(44)39-36(48)41(34(28)46)27-20-13-8-14-21-27)33(45)40-37(42)49-23-30(43)38-31(24-15-9-6-10-16-24)25-17-11-7-12-18-25/h3-22,28,31H,1,23H2,2H3,(H,38,43)(H,39,44,48)/b19-5-,26-4+,29-22+/t28-/m0/s1. The van der Waals surface area contributed by atoms with Crippen LogP contribution in [0.3, 0.4) is 0 Å². The number of amidine groups is 1. The van der Waals surface area contributed by atoms with Gasteiger partial charge in [0.15, 0.2) is 10.3 Å². The van der Waals surface area contributed by atoms with Crippen molar-refractivity contribution in [3.8, 4) is 0 Å². The molecule has 0 aromatic heterocycles. The first-order valence-electron chi connectivity index (χ1n) is 15.1. The van der Waals surface area contributed by atoms with Gasteiger partial charge < -0.3 is 10.6 Å². The summed E-state index contributed by atoms with van der Waals surface area (Å²) in [6.45, 7) is 5.36. The molecular formula is C37H31N5O5S2. The first-order chi connectivity index (χ1) is 23.7. The van der Waals surface area contributed by atoms with Gasteiger partial charge in [-0.1, -0.05) is 115 Å². The van der Waals surface area contributed by atoms with E-state index in [-0.39, 0.29) is 21.9 Å². The molecule has 246 valence electrons. The molecule has 49 heavy (non-hydrogen) atoms. The van der Waals surface area contributed by atoms with Crippen LogP contribution in [0.5, 0.6) is 0 Å². The van der Waals surface area contributed by atoms with Gasteiger partial charge in [-0.15, -0.1) is 0 Å². The van der Waals surface area contributed by atoms with E-state index in [2.05, 4.69) is 22.2 Å². The maximum Gasteiger partial charge on any atom is 0.284 e. The van der Waals surface area contributed by atoms with Crippen LogP contribution in [0.1, 0.15) is 24.1 Å². The Labute approximate surface area is 293 Å². The van der Waals surface area contributed by atoms with Gasteiger partial charge in [-0.05, 0) is 54.6 Å². The third kappa shape index (κ3) is 7.88. The molecule has 2 aliphatic heterocycles. The van der Waals surface area contributed by atoms with E-state index in [1.54, 1.807) is 55.5 Å². The summed E-state index contributed by atoms with van der Waals surface area (Å²) in [5.41, 5.74) is 2.01. The fourth-order valence-electron chi connectivity index (χ4n) is 5.14. The molecule has 2 aliphatic rings. The molecule has 10 nitrogen and oxygen atoms in total. The van der Waals surface area contributed by atoms with Crippen LogP contribution in [0.4, 0.5) is 5.69 Å². The molecule has 1 atom stereocenters. The third-order valence-corrected chi connectivity index (χ3v) is 8.69. The van der Waals surface area contributed by atoms with Crippen molar-refractivity contribution in [3.63, 3.8) is 0 Å². The molecule has 3 aromatic rings. The monoisotopic (exact) mass is 689 g/mol. The molecule has 0 bridgehead atoms. The van der Waals surface area contributed by atoms with Crippen molar-refractivity contribution in [2.24, 2.45) is 10.9 Å². The second-order valence-corrected chi connectivity index (χ2v) is 11.9. The van der Waals surface area contributed by atoms with E-state index >= 15 is 0 Å². The van der Waals surface area contributed by atoms with Crippen LogP contribution >= 0.6 is 24.0 Å². The lowest BCUT2D eigenvalue weighted by molar-refractivity contribution is -0.131. The maximum absolute atomic E-state index is 14.1. The van der Waals surface area contributed by atoms with Gasteiger partial charge in [-0.2, -0.15) is 4.99 Å². The summed E-state index contributed by atoms with van der Waals surface area (Å²) in [5.74, 6) is -5.39. The molecule has 0 radical (unpaired) electrons. The number of hydrogen-bond donors (Lipinski definition) is 2. The van der Waals surface area contributed by atoms with E-state index in [9.17, 15) is 24.0 Å². The van der Waals surface area contributed by atoms with Crippen LogP contribution in [-0.2, 0) is 24.0 Å². The van der Waals surface area contributed by atoms with Crippen molar-refractivity contribution in [3.05, 3.63) is 150 Å². The lowest BCUT2D eigenvalue weighted by Gasteiger charge is -2.32.